The van der Waals surface area contributed by atoms with Crippen LogP contribution in [0.15, 0.2) is 12.4 Å². The van der Waals surface area contributed by atoms with Crippen LogP contribution in [0.25, 0.3) is 0 Å². The molecule has 0 saturated heterocycles. The van der Waals surface area contributed by atoms with Crippen molar-refractivity contribution in [2.75, 3.05) is 0 Å². The fourth-order valence-corrected chi connectivity index (χ4v) is 0.737. The molecule has 0 bridgehead atoms. The monoisotopic (exact) mass is 170 g/mol. The van der Waals surface area contributed by atoms with Gasteiger partial charge in [0.1, 0.15) is 6.04 Å². The lowest BCUT2D eigenvalue weighted by molar-refractivity contribution is -0.138. The maximum atomic E-state index is 10.3. The van der Waals surface area contributed by atoms with Crippen molar-refractivity contribution in [3.63, 3.8) is 0 Å². The largest absolute Gasteiger partial charge is 0.480 e. The first-order chi connectivity index (χ1) is 5.70. The molecule has 0 amide bonds. The van der Waals surface area contributed by atoms with E-state index in [4.69, 9.17) is 10.8 Å². The van der Waals surface area contributed by atoms with Gasteiger partial charge in [0.25, 0.3) is 0 Å². The van der Waals surface area contributed by atoms with Crippen molar-refractivity contribution < 1.29 is 9.90 Å². The summed E-state index contributed by atoms with van der Waals surface area (Å²) in [6.45, 7) is 0.431. The molecule has 12 heavy (non-hydrogen) atoms. The Kier molecular flexibility index (Phi) is 2.76. The molecular formula is C6H10N4O2. The smallest absolute Gasteiger partial charge is 0.320 e. The number of nitrogens with two attached hydrogens (primary N) is 1. The van der Waals surface area contributed by atoms with Crippen LogP contribution in [0.3, 0.4) is 0 Å². The van der Waals surface area contributed by atoms with Crippen molar-refractivity contribution >= 4 is 5.97 Å². The highest BCUT2D eigenvalue weighted by molar-refractivity contribution is 5.72. The molecule has 6 heteroatoms. The predicted molar refractivity (Wildman–Crippen MR) is 40.3 cm³/mol. The molecule has 0 saturated carbocycles. The van der Waals surface area contributed by atoms with Gasteiger partial charge >= 0.3 is 5.97 Å². The highest BCUT2D eigenvalue weighted by Gasteiger charge is 2.10. The minimum Gasteiger partial charge on any atom is -0.480 e. The summed E-state index contributed by atoms with van der Waals surface area (Å²) >= 11 is 0. The van der Waals surface area contributed by atoms with Gasteiger partial charge in [-0.3, -0.25) is 4.79 Å². The van der Waals surface area contributed by atoms with Crippen molar-refractivity contribution in [1.82, 2.24) is 15.0 Å². The Morgan fingerprint density at radius 1 is 1.58 bits per heavy atom. The SMILES string of the molecule is NC(CCn1nccn1)C(=O)O. The van der Waals surface area contributed by atoms with Crippen LogP contribution in [0, 0.1) is 0 Å². The number of nitrogens with zero attached hydrogens (tertiary/aromatic N) is 3. The van der Waals surface area contributed by atoms with E-state index in [1.165, 1.54) is 17.2 Å². The first-order valence-electron chi connectivity index (χ1n) is 3.52. The van der Waals surface area contributed by atoms with Crippen LogP contribution in [-0.4, -0.2) is 32.1 Å². The second-order valence-electron chi connectivity index (χ2n) is 2.36. The molecule has 0 aliphatic heterocycles. The van der Waals surface area contributed by atoms with E-state index in [1.54, 1.807) is 0 Å². The Morgan fingerprint density at radius 3 is 2.67 bits per heavy atom. The van der Waals surface area contributed by atoms with Crippen molar-refractivity contribution in [3.8, 4) is 0 Å². The lowest BCUT2D eigenvalue weighted by Crippen LogP contribution is -2.31. The zero-order chi connectivity index (χ0) is 8.97. The van der Waals surface area contributed by atoms with Crippen LogP contribution in [0.1, 0.15) is 6.42 Å². The third-order valence-electron chi connectivity index (χ3n) is 1.42. The van der Waals surface area contributed by atoms with E-state index in [2.05, 4.69) is 10.2 Å². The zero-order valence-electron chi connectivity index (χ0n) is 6.42. The van der Waals surface area contributed by atoms with E-state index in [0.29, 0.717) is 13.0 Å². The van der Waals surface area contributed by atoms with E-state index in [1.807, 2.05) is 0 Å². The standard InChI is InChI=1S/C6H10N4O2/c7-5(6(11)12)1-4-10-8-2-3-9-10/h2-3,5H,1,4,7H2,(H,11,12). The quantitative estimate of drug-likeness (QED) is 0.609. The fourth-order valence-electron chi connectivity index (χ4n) is 0.737. The van der Waals surface area contributed by atoms with E-state index in [-0.39, 0.29) is 0 Å². The number of hydrogen-bond acceptors (Lipinski definition) is 4. The Bertz CT molecular complexity index is 246. The molecule has 66 valence electrons. The third kappa shape index (κ3) is 2.31. The predicted octanol–water partition coefficient (Wildman–Crippen LogP) is -0.920. The fraction of sp³-hybridized carbons (Fsp3) is 0.500. The van der Waals surface area contributed by atoms with Gasteiger partial charge in [0.05, 0.1) is 18.9 Å². The summed E-state index contributed by atoms with van der Waals surface area (Å²) in [6, 6.07) is -0.837. The van der Waals surface area contributed by atoms with E-state index >= 15 is 0 Å². The normalized spacial score (nSPS) is 12.8. The second kappa shape index (κ2) is 3.82. The van der Waals surface area contributed by atoms with Crippen molar-refractivity contribution in [1.29, 1.82) is 0 Å². The van der Waals surface area contributed by atoms with Gasteiger partial charge in [0.2, 0.25) is 0 Å². The molecular weight excluding hydrogens is 160 g/mol. The maximum Gasteiger partial charge on any atom is 0.320 e. The van der Waals surface area contributed by atoms with Gasteiger partial charge in [-0.1, -0.05) is 0 Å². The number of carboxylic acids is 1. The summed E-state index contributed by atoms with van der Waals surface area (Å²) in [5, 5.41) is 16.0. The molecule has 3 N–H and O–H groups in total. The first kappa shape index (κ1) is 8.66. The Balaban J connectivity index is 2.31. The van der Waals surface area contributed by atoms with Gasteiger partial charge in [-0.15, -0.1) is 0 Å². The van der Waals surface area contributed by atoms with Crippen LogP contribution in [0.4, 0.5) is 0 Å². The molecule has 0 fully saturated rings. The van der Waals surface area contributed by atoms with E-state index in [9.17, 15) is 4.79 Å². The summed E-state index contributed by atoms with van der Waals surface area (Å²) in [7, 11) is 0. The van der Waals surface area contributed by atoms with Crippen molar-refractivity contribution in [3.05, 3.63) is 12.4 Å². The van der Waals surface area contributed by atoms with E-state index in [0.717, 1.165) is 0 Å². The van der Waals surface area contributed by atoms with Gasteiger partial charge in [-0.2, -0.15) is 15.0 Å². The lowest BCUT2D eigenvalue weighted by atomic mass is 10.2. The Morgan fingerprint density at radius 2 is 2.17 bits per heavy atom. The van der Waals surface area contributed by atoms with Crippen LogP contribution in [0.2, 0.25) is 0 Å². The van der Waals surface area contributed by atoms with Gasteiger partial charge in [-0.05, 0) is 6.42 Å². The molecule has 0 aromatic carbocycles. The summed E-state index contributed by atoms with van der Waals surface area (Å²) in [4.78, 5) is 11.7. The summed E-state index contributed by atoms with van der Waals surface area (Å²) < 4.78 is 0. The Hall–Kier alpha value is -1.43. The number of carbonyl (C=O) groups is 1. The minimum atomic E-state index is -0.998. The molecule has 0 aliphatic carbocycles. The molecule has 1 aromatic heterocycles. The number of aromatic nitrogens is 3. The van der Waals surface area contributed by atoms with Crippen LogP contribution in [-0.2, 0) is 11.3 Å². The van der Waals surface area contributed by atoms with Gasteiger partial charge in [0.15, 0.2) is 0 Å². The average Bonchev–Trinajstić information content (AvgIpc) is 2.51. The zero-order valence-corrected chi connectivity index (χ0v) is 6.42. The number of aliphatic carboxylic acids is 1. The number of carboxylic acid groups (broad SMARTS) is 1. The molecule has 0 aliphatic rings. The summed E-state index contributed by atoms with van der Waals surface area (Å²) in [6.07, 6.45) is 3.41. The van der Waals surface area contributed by atoms with Gasteiger partial charge in [0, 0.05) is 0 Å². The highest BCUT2D eigenvalue weighted by atomic mass is 16.4. The molecule has 1 atom stereocenters. The maximum absolute atomic E-state index is 10.3. The highest BCUT2D eigenvalue weighted by Crippen LogP contribution is 1.91. The topological polar surface area (TPSA) is 94.0 Å². The van der Waals surface area contributed by atoms with Crippen LogP contribution in [0.5, 0.6) is 0 Å². The van der Waals surface area contributed by atoms with Crippen molar-refractivity contribution in [2.45, 2.75) is 19.0 Å². The van der Waals surface area contributed by atoms with Gasteiger partial charge in [-0.25, -0.2) is 0 Å². The lowest BCUT2D eigenvalue weighted by Gasteiger charge is -2.04. The number of aryl methyl sites for hydroxylation is 1. The average molecular weight is 170 g/mol. The molecule has 6 nitrogen and oxygen atoms in total. The summed E-state index contributed by atoms with van der Waals surface area (Å²) in [5.41, 5.74) is 5.26. The molecule has 0 spiro atoms. The van der Waals surface area contributed by atoms with Gasteiger partial charge < -0.3 is 10.8 Å². The number of rotatable bonds is 4. The van der Waals surface area contributed by atoms with Crippen LogP contribution < -0.4 is 5.73 Å². The van der Waals surface area contributed by atoms with Crippen LogP contribution >= 0.6 is 0 Å². The first-order valence-corrected chi connectivity index (χ1v) is 3.52. The van der Waals surface area contributed by atoms with Crippen molar-refractivity contribution in [2.24, 2.45) is 5.73 Å². The molecule has 1 heterocycles. The third-order valence-corrected chi connectivity index (χ3v) is 1.42. The summed E-state index contributed by atoms with van der Waals surface area (Å²) in [5.74, 6) is -0.998. The minimum absolute atomic E-state index is 0.337. The second-order valence-corrected chi connectivity index (χ2v) is 2.36. The molecule has 1 rings (SSSR count). The molecule has 1 unspecified atom stereocenters. The number of hydrogen-bond donors (Lipinski definition) is 2. The Labute approximate surface area is 69.0 Å². The van der Waals surface area contributed by atoms with E-state index < -0.39 is 12.0 Å². The molecule has 1 aromatic rings. The molecule has 0 radical (unpaired) electrons.